The number of hydrogen-bond acceptors (Lipinski definition) is 2. The van der Waals surface area contributed by atoms with Gasteiger partial charge in [0.1, 0.15) is 0 Å². The predicted molar refractivity (Wildman–Crippen MR) is 90.1 cm³/mol. The minimum absolute atomic E-state index is 0.252. The van der Waals surface area contributed by atoms with Gasteiger partial charge in [-0.05, 0) is 42.9 Å². The van der Waals surface area contributed by atoms with Gasteiger partial charge in [0, 0.05) is 34.7 Å². The molecule has 1 heterocycles. The van der Waals surface area contributed by atoms with E-state index in [1.807, 2.05) is 12.1 Å². The molecule has 2 rings (SSSR count). The molecule has 1 aliphatic rings. The first-order valence-corrected chi connectivity index (χ1v) is 8.51. The molecule has 0 bridgehead atoms. The Bertz CT molecular complexity index is 466. The van der Waals surface area contributed by atoms with Crippen molar-refractivity contribution in [3.8, 4) is 0 Å². The molecular formula is C16H24BrClN2. The van der Waals surface area contributed by atoms with Crippen LogP contribution in [-0.4, -0.2) is 24.0 Å². The standard InChI is InChI=1S/C16H24BrClN2/c1-10-6-11(2)12(3)20(9-10)16(8-19)14-5-4-13(18)7-15(14)17/h4-5,7,10-12,16H,6,8-9,19H2,1-3H3. The van der Waals surface area contributed by atoms with Crippen LogP contribution in [0.5, 0.6) is 0 Å². The Kier molecular flexibility index (Phi) is 5.52. The van der Waals surface area contributed by atoms with Crippen LogP contribution in [0.1, 0.15) is 38.8 Å². The van der Waals surface area contributed by atoms with Crippen molar-refractivity contribution in [1.29, 1.82) is 0 Å². The molecule has 0 amide bonds. The van der Waals surface area contributed by atoms with Crippen LogP contribution in [0, 0.1) is 11.8 Å². The molecule has 1 aromatic rings. The van der Waals surface area contributed by atoms with E-state index in [0.717, 1.165) is 22.0 Å². The van der Waals surface area contributed by atoms with Gasteiger partial charge in [0.15, 0.2) is 0 Å². The Labute approximate surface area is 135 Å². The number of halogens is 2. The maximum atomic E-state index is 6.10. The van der Waals surface area contributed by atoms with Gasteiger partial charge in [0.05, 0.1) is 0 Å². The lowest BCUT2D eigenvalue weighted by atomic mass is 9.84. The Hall–Kier alpha value is -0.0900. The van der Waals surface area contributed by atoms with Gasteiger partial charge in [-0.25, -0.2) is 0 Å². The van der Waals surface area contributed by atoms with Crippen molar-refractivity contribution in [3.63, 3.8) is 0 Å². The van der Waals surface area contributed by atoms with Crippen molar-refractivity contribution >= 4 is 27.5 Å². The summed E-state index contributed by atoms with van der Waals surface area (Å²) >= 11 is 9.69. The highest BCUT2D eigenvalue weighted by Crippen LogP contribution is 2.36. The quantitative estimate of drug-likeness (QED) is 0.863. The highest BCUT2D eigenvalue weighted by molar-refractivity contribution is 9.10. The van der Waals surface area contributed by atoms with Crippen molar-refractivity contribution in [2.24, 2.45) is 17.6 Å². The first kappa shape index (κ1) is 16.3. The number of piperidine rings is 1. The Morgan fingerprint density at radius 2 is 2.10 bits per heavy atom. The van der Waals surface area contributed by atoms with Gasteiger partial charge < -0.3 is 5.73 Å². The third-order valence-corrected chi connectivity index (χ3v) is 5.51. The summed E-state index contributed by atoms with van der Waals surface area (Å²) in [6.07, 6.45) is 1.30. The van der Waals surface area contributed by atoms with Crippen LogP contribution in [0.25, 0.3) is 0 Å². The average Bonchev–Trinajstić information content (AvgIpc) is 2.38. The number of likely N-dealkylation sites (tertiary alicyclic amines) is 1. The van der Waals surface area contributed by atoms with Crippen molar-refractivity contribution in [2.45, 2.75) is 39.3 Å². The minimum Gasteiger partial charge on any atom is -0.329 e. The van der Waals surface area contributed by atoms with E-state index in [2.05, 4.69) is 47.7 Å². The molecule has 0 saturated carbocycles. The van der Waals surface area contributed by atoms with Crippen LogP contribution < -0.4 is 5.73 Å². The normalized spacial score (nSPS) is 29.4. The Morgan fingerprint density at radius 1 is 1.40 bits per heavy atom. The number of nitrogens with two attached hydrogens (primary N) is 1. The van der Waals surface area contributed by atoms with Gasteiger partial charge in [-0.3, -0.25) is 4.90 Å². The van der Waals surface area contributed by atoms with Crippen LogP contribution in [0.3, 0.4) is 0 Å². The molecule has 0 aliphatic carbocycles. The Morgan fingerprint density at radius 3 is 2.70 bits per heavy atom. The average molecular weight is 360 g/mol. The third-order valence-electron chi connectivity index (χ3n) is 4.59. The number of benzene rings is 1. The predicted octanol–water partition coefficient (Wildman–Crippen LogP) is 4.47. The molecule has 1 saturated heterocycles. The fourth-order valence-electron chi connectivity index (χ4n) is 3.38. The van der Waals surface area contributed by atoms with E-state index in [-0.39, 0.29) is 6.04 Å². The summed E-state index contributed by atoms with van der Waals surface area (Å²) in [5.41, 5.74) is 7.34. The molecule has 0 radical (unpaired) electrons. The van der Waals surface area contributed by atoms with E-state index in [9.17, 15) is 0 Å². The number of nitrogens with zero attached hydrogens (tertiary/aromatic N) is 1. The minimum atomic E-state index is 0.252. The number of rotatable bonds is 3. The maximum Gasteiger partial charge on any atom is 0.0484 e. The fourth-order valence-corrected chi connectivity index (χ4v) is 4.33. The largest absolute Gasteiger partial charge is 0.329 e. The summed E-state index contributed by atoms with van der Waals surface area (Å²) in [6.45, 7) is 8.74. The maximum absolute atomic E-state index is 6.10. The molecule has 0 spiro atoms. The van der Waals surface area contributed by atoms with E-state index in [0.29, 0.717) is 18.5 Å². The third kappa shape index (κ3) is 3.38. The van der Waals surface area contributed by atoms with Crippen LogP contribution in [0.4, 0.5) is 0 Å². The highest BCUT2D eigenvalue weighted by atomic mass is 79.9. The van der Waals surface area contributed by atoms with E-state index in [4.69, 9.17) is 17.3 Å². The lowest BCUT2D eigenvalue weighted by molar-refractivity contribution is 0.0422. The lowest BCUT2D eigenvalue weighted by Gasteiger charge is -2.45. The van der Waals surface area contributed by atoms with Gasteiger partial charge in [0.2, 0.25) is 0 Å². The van der Waals surface area contributed by atoms with E-state index < -0.39 is 0 Å². The summed E-state index contributed by atoms with van der Waals surface area (Å²) in [4.78, 5) is 2.56. The van der Waals surface area contributed by atoms with Gasteiger partial charge >= 0.3 is 0 Å². The molecule has 20 heavy (non-hydrogen) atoms. The van der Waals surface area contributed by atoms with Crippen molar-refractivity contribution < 1.29 is 0 Å². The summed E-state index contributed by atoms with van der Waals surface area (Å²) in [6, 6.07) is 6.82. The van der Waals surface area contributed by atoms with Gasteiger partial charge in [-0.15, -0.1) is 0 Å². The second kappa shape index (κ2) is 6.78. The zero-order valence-electron chi connectivity index (χ0n) is 12.4. The fraction of sp³-hybridized carbons (Fsp3) is 0.625. The van der Waals surface area contributed by atoms with Crippen LogP contribution in [-0.2, 0) is 0 Å². The van der Waals surface area contributed by atoms with Crippen molar-refractivity contribution in [1.82, 2.24) is 4.90 Å². The van der Waals surface area contributed by atoms with E-state index in [1.54, 1.807) is 0 Å². The summed E-state index contributed by atoms with van der Waals surface area (Å²) < 4.78 is 1.05. The molecule has 112 valence electrons. The summed E-state index contributed by atoms with van der Waals surface area (Å²) in [7, 11) is 0. The summed E-state index contributed by atoms with van der Waals surface area (Å²) in [5.74, 6) is 1.43. The molecule has 4 heteroatoms. The highest BCUT2D eigenvalue weighted by Gasteiger charge is 2.34. The molecule has 4 unspecified atom stereocenters. The second-order valence-electron chi connectivity index (χ2n) is 6.17. The van der Waals surface area contributed by atoms with Crippen molar-refractivity contribution in [3.05, 3.63) is 33.3 Å². The molecule has 1 aromatic carbocycles. The van der Waals surface area contributed by atoms with Gasteiger partial charge in [-0.2, -0.15) is 0 Å². The SMILES string of the molecule is CC1CC(C)C(C)N(C(CN)c2ccc(Cl)cc2Br)C1. The smallest absolute Gasteiger partial charge is 0.0484 e. The molecule has 2 nitrogen and oxygen atoms in total. The molecular weight excluding hydrogens is 336 g/mol. The molecule has 2 N–H and O–H groups in total. The Balaban J connectivity index is 2.31. The first-order chi connectivity index (χ1) is 9.43. The van der Waals surface area contributed by atoms with E-state index in [1.165, 1.54) is 12.0 Å². The topological polar surface area (TPSA) is 29.3 Å². The van der Waals surface area contributed by atoms with Crippen LogP contribution in [0.2, 0.25) is 5.02 Å². The lowest BCUT2D eigenvalue weighted by Crippen LogP contribution is -2.49. The van der Waals surface area contributed by atoms with Gasteiger partial charge in [0.25, 0.3) is 0 Å². The molecule has 4 atom stereocenters. The molecule has 1 fully saturated rings. The zero-order valence-corrected chi connectivity index (χ0v) is 14.8. The monoisotopic (exact) mass is 358 g/mol. The van der Waals surface area contributed by atoms with Crippen LogP contribution in [0.15, 0.2) is 22.7 Å². The van der Waals surface area contributed by atoms with Crippen LogP contribution >= 0.6 is 27.5 Å². The summed E-state index contributed by atoms with van der Waals surface area (Å²) in [5, 5.41) is 0.754. The van der Waals surface area contributed by atoms with Gasteiger partial charge in [-0.1, -0.05) is 47.4 Å². The number of hydrogen-bond donors (Lipinski definition) is 1. The van der Waals surface area contributed by atoms with Crippen molar-refractivity contribution in [2.75, 3.05) is 13.1 Å². The molecule has 0 aromatic heterocycles. The first-order valence-electron chi connectivity index (χ1n) is 7.34. The molecule has 1 aliphatic heterocycles. The van der Waals surface area contributed by atoms with E-state index >= 15 is 0 Å². The second-order valence-corrected chi connectivity index (χ2v) is 7.46. The zero-order chi connectivity index (χ0) is 14.9.